The number of allylic oxidation sites excluding steroid dienone is 2. The molecule has 11 nitrogen and oxygen atoms in total. The Morgan fingerprint density at radius 3 is 2.50 bits per heavy atom. The Morgan fingerprint density at radius 1 is 1.35 bits per heavy atom. The Hall–Kier alpha value is -2.70. The summed E-state index contributed by atoms with van der Waals surface area (Å²) in [6.07, 6.45) is -1.17. The van der Waals surface area contributed by atoms with Crippen molar-refractivity contribution in [3.8, 4) is 0 Å². The first kappa shape index (κ1) is 18.1. The average molecular weight is 384 g/mol. The molecule has 140 valence electrons. The van der Waals surface area contributed by atoms with Crippen molar-refractivity contribution in [2.24, 2.45) is 17.2 Å². The van der Waals surface area contributed by atoms with E-state index in [1.165, 1.54) is 11.5 Å². The van der Waals surface area contributed by atoms with Crippen LogP contribution in [0.25, 0.3) is 0 Å². The molecular weight excluding hydrogens is 368 g/mol. The van der Waals surface area contributed by atoms with Gasteiger partial charge in [0.05, 0.1) is 11.3 Å². The molecule has 0 fully saturated rings. The minimum atomic E-state index is -4.67. The number of ether oxygens (including phenoxy) is 1. The Bertz CT molecular complexity index is 1000. The zero-order valence-electron chi connectivity index (χ0n) is 13.6. The van der Waals surface area contributed by atoms with E-state index in [2.05, 4.69) is 0 Å². The summed E-state index contributed by atoms with van der Waals surface area (Å²) in [6, 6.07) is -1.07. The Kier molecular flexibility index (Phi) is 3.94. The monoisotopic (exact) mass is 384 g/mol. The molecule has 2 atom stereocenters. The molecule has 1 aliphatic heterocycles. The van der Waals surface area contributed by atoms with Crippen molar-refractivity contribution in [1.29, 1.82) is 0 Å². The summed E-state index contributed by atoms with van der Waals surface area (Å²) in [5.74, 6) is -1.28. The second-order valence-electron chi connectivity index (χ2n) is 6.10. The highest BCUT2D eigenvalue weighted by molar-refractivity contribution is 7.86. The Labute approximate surface area is 147 Å². The molecule has 0 unspecified atom stereocenters. The van der Waals surface area contributed by atoms with E-state index < -0.39 is 45.7 Å². The molecule has 0 saturated carbocycles. The van der Waals surface area contributed by atoms with Crippen molar-refractivity contribution in [2.45, 2.75) is 31.4 Å². The van der Waals surface area contributed by atoms with E-state index in [9.17, 15) is 27.4 Å². The number of hydrogen-bond acceptors (Lipinski definition) is 8. The maximum atomic E-state index is 12.7. The van der Waals surface area contributed by atoms with Crippen LogP contribution >= 0.6 is 0 Å². The first-order chi connectivity index (χ1) is 12.0. The topological polar surface area (TPSA) is 198 Å². The number of primary amides is 1. The molecule has 1 amide bonds. The molecular formula is C14H16N4O7S. The van der Waals surface area contributed by atoms with Crippen LogP contribution in [0.3, 0.4) is 0 Å². The molecule has 1 aromatic rings. The van der Waals surface area contributed by atoms with Crippen molar-refractivity contribution in [3.05, 3.63) is 33.8 Å². The number of nitrogens with zero attached hydrogens (tertiary/aromatic N) is 1. The van der Waals surface area contributed by atoms with Gasteiger partial charge in [0.1, 0.15) is 17.6 Å². The predicted octanol–water partition coefficient (Wildman–Crippen LogP) is -1.04. The third-order valence-electron chi connectivity index (χ3n) is 4.57. The van der Waals surface area contributed by atoms with Crippen LogP contribution in [0.15, 0.2) is 11.3 Å². The summed E-state index contributed by atoms with van der Waals surface area (Å²) in [4.78, 5) is 36.3. The third kappa shape index (κ3) is 2.41. The number of Topliss-reactive ketones (excluding diaryl/α,β-unsaturated/α-hetero) is 2. The van der Waals surface area contributed by atoms with Gasteiger partial charge in [0, 0.05) is 29.4 Å². The van der Waals surface area contributed by atoms with E-state index >= 15 is 0 Å². The van der Waals surface area contributed by atoms with E-state index in [4.69, 9.17) is 21.9 Å². The number of fused-ring (bicyclic) bond motifs is 3. The molecule has 7 N–H and O–H groups in total. The molecule has 0 radical (unpaired) electrons. The van der Waals surface area contributed by atoms with Crippen molar-refractivity contribution < 1.29 is 32.1 Å². The number of aromatic nitrogens is 1. The second-order valence-corrected chi connectivity index (χ2v) is 7.64. The summed E-state index contributed by atoms with van der Waals surface area (Å²) in [5, 5.41) is -1.60. The number of hydrogen-bond donors (Lipinski definition) is 4. The SMILES string of the molecule is CC1=C(N)C(=O)c2c(COC(N)=O)c3n(c2C1=O)C[C@H](N)[C@H]3S(=O)(=O)O. The largest absolute Gasteiger partial charge is 0.445 e. The molecule has 2 aliphatic rings. The lowest BCUT2D eigenvalue weighted by Gasteiger charge is -2.18. The van der Waals surface area contributed by atoms with Crippen LogP contribution in [0.5, 0.6) is 0 Å². The minimum absolute atomic E-state index is 0.00838. The van der Waals surface area contributed by atoms with Gasteiger partial charge in [-0.15, -0.1) is 0 Å². The van der Waals surface area contributed by atoms with E-state index in [0.717, 1.165) is 0 Å². The normalized spacial score (nSPS) is 22.4. The first-order valence-corrected chi connectivity index (χ1v) is 8.92. The van der Waals surface area contributed by atoms with E-state index in [0.29, 0.717) is 0 Å². The van der Waals surface area contributed by atoms with Gasteiger partial charge in [-0.1, -0.05) is 0 Å². The number of rotatable bonds is 3. The van der Waals surface area contributed by atoms with Gasteiger partial charge in [-0.25, -0.2) is 4.79 Å². The molecule has 26 heavy (non-hydrogen) atoms. The highest BCUT2D eigenvalue weighted by Gasteiger charge is 2.48. The number of carbonyl (C=O) groups is 3. The van der Waals surface area contributed by atoms with Gasteiger partial charge in [-0.05, 0) is 6.92 Å². The Morgan fingerprint density at radius 2 is 1.96 bits per heavy atom. The molecule has 1 aromatic heterocycles. The van der Waals surface area contributed by atoms with Crippen LogP contribution in [0.1, 0.15) is 44.3 Å². The maximum absolute atomic E-state index is 12.7. The molecule has 12 heteroatoms. The van der Waals surface area contributed by atoms with Gasteiger partial charge < -0.3 is 26.5 Å². The van der Waals surface area contributed by atoms with Crippen LogP contribution in [0, 0.1) is 0 Å². The lowest BCUT2D eigenvalue weighted by molar-refractivity contribution is 0.0965. The summed E-state index contributed by atoms with van der Waals surface area (Å²) in [7, 11) is -4.67. The summed E-state index contributed by atoms with van der Waals surface area (Å²) < 4.78 is 39.2. The number of carbonyl (C=O) groups excluding carboxylic acids is 3. The van der Waals surface area contributed by atoms with E-state index in [1.807, 2.05) is 0 Å². The highest BCUT2D eigenvalue weighted by Crippen LogP contribution is 2.42. The number of amides is 1. The fraction of sp³-hybridized carbons (Fsp3) is 0.357. The van der Waals surface area contributed by atoms with Crippen molar-refractivity contribution in [3.63, 3.8) is 0 Å². The van der Waals surface area contributed by atoms with Crippen molar-refractivity contribution in [2.75, 3.05) is 0 Å². The zero-order valence-corrected chi connectivity index (χ0v) is 14.4. The van der Waals surface area contributed by atoms with Crippen LogP contribution in [-0.2, 0) is 28.0 Å². The van der Waals surface area contributed by atoms with Crippen LogP contribution in [0.2, 0.25) is 0 Å². The van der Waals surface area contributed by atoms with Crippen molar-refractivity contribution >= 4 is 27.8 Å². The molecule has 2 heterocycles. The van der Waals surface area contributed by atoms with Gasteiger partial charge in [0.25, 0.3) is 10.1 Å². The Balaban J connectivity index is 2.33. The lowest BCUT2D eigenvalue weighted by Crippen LogP contribution is -2.33. The predicted molar refractivity (Wildman–Crippen MR) is 86.6 cm³/mol. The lowest BCUT2D eigenvalue weighted by atomic mass is 9.90. The number of nitrogens with two attached hydrogens (primary N) is 3. The van der Waals surface area contributed by atoms with Gasteiger partial charge in [0.15, 0.2) is 0 Å². The number of ketones is 2. The highest BCUT2D eigenvalue weighted by atomic mass is 32.2. The van der Waals surface area contributed by atoms with E-state index in [1.54, 1.807) is 0 Å². The molecule has 1 aliphatic carbocycles. The van der Waals surface area contributed by atoms with Gasteiger partial charge >= 0.3 is 6.09 Å². The van der Waals surface area contributed by atoms with Gasteiger partial charge in [0.2, 0.25) is 11.6 Å². The maximum Gasteiger partial charge on any atom is 0.404 e. The molecule has 0 saturated heterocycles. The molecule has 0 bridgehead atoms. The second kappa shape index (κ2) is 5.65. The fourth-order valence-electron chi connectivity index (χ4n) is 3.45. The smallest absolute Gasteiger partial charge is 0.404 e. The average Bonchev–Trinajstić information content (AvgIpc) is 3.00. The van der Waals surface area contributed by atoms with E-state index in [-0.39, 0.29) is 40.3 Å². The van der Waals surface area contributed by atoms with Gasteiger partial charge in [-0.3, -0.25) is 14.1 Å². The summed E-state index contributed by atoms with van der Waals surface area (Å²) in [5.41, 5.74) is 15.8. The van der Waals surface area contributed by atoms with Crippen LogP contribution in [-0.4, -0.2) is 41.2 Å². The summed E-state index contributed by atoms with van der Waals surface area (Å²) in [6.45, 7) is 0.655. The third-order valence-corrected chi connectivity index (χ3v) is 5.79. The molecule has 0 aromatic carbocycles. The molecule has 0 spiro atoms. The first-order valence-electron chi connectivity index (χ1n) is 7.41. The van der Waals surface area contributed by atoms with Crippen LogP contribution in [0.4, 0.5) is 4.79 Å². The standard InChI is InChI=1S/C14H16N4O7S/c1-4-8(16)12(20)7-5(3-25-14(17)21)9-13(26(22,23)24)6(15)2-18(9)10(7)11(4)19/h6,13H,2-3,15-16H2,1H3,(H2,17,21)(H,22,23,24)/t6-,13+/m0/s1. The molecule has 3 rings (SSSR count). The van der Waals surface area contributed by atoms with Crippen molar-refractivity contribution in [1.82, 2.24) is 4.57 Å². The zero-order chi connectivity index (χ0) is 19.5. The summed E-state index contributed by atoms with van der Waals surface area (Å²) >= 11 is 0. The fourth-order valence-corrected chi connectivity index (χ4v) is 4.53. The minimum Gasteiger partial charge on any atom is -0.445 e. The quantitative estimate of drug-likeness (QED) is 0.470. The van der Waals surface area contributed by atoms with Gasteiger partial charge in [-0.2, -0.15) is 8.42 Å². The van der Waals surface area contributed by atoms with Crippen LogP contribution < -0.4 is 17.2 Å².